The molecule has 1 aromatic carbocycles. The summed E-state index contributed by atoms with van der Waals surface area (Å²) in [6, 6.07) is 17.2. The van der Waals surface area contributed by atoms with Crippen molar-refractivity contribution in [3.63, 3.8) is 0 Å². The van der Waals surface area contributed by atoms with E-state index >= 15 is 0 Å². The molecule has 6 heteroatoms. The summed E-state index contributed by atoms with van der Waals surface area (Å²) in [5.41, 5.74) is 5.49. The summed E-state index contributed by atoms with van der Waals surface area (Å²) in [5, 5.41) is 6.33. The van der Waals surface area contributed by atoms with Gasteiger partial charge in [0.15, 0.2) is 0 Å². The highest BCUT2D eigenvalue weighted by Gasteiger charge is 2.07. The first-order valence-corrected chi connectivity index (χ1v) is 9.14. The molecular formula is C22H21N5O. The zero-order valence-corrected chi connectivity index (χ0v) is 15.6. The molecule has 0 saturated heterocycles. The van der Waals surface area contributed by atoms with Gasteiger partial charge in [-0.3, -0.25) is 9.78 Å². The first kappa shape index (κ1) is 17.9. The van der Waals surface area contributed by atoms with Crippen LogP contribution >= 0.6 is 0 Å². The summed E-state index contributed by atoms with van der Waals surface area (Å²) >= 11 is 0. The number of aryl methyl sites for hydroxylation is 1. The molecule has 1 amide bonds. The van der Waals surface area contributed by atoms with Gasteiger partial charge in [-0.2, -0.15) is 0 Å². The largest absolute Gasteiger partial charge is 0.321 e. The number of pyridine rings is 2. The smallest absolute Gasteiger partial charge is 0.274 e. The van der Waals surface area contributed by atoms with Crippen molar-refractivity contribution in [3.8, 4) is 0 Å². The quantitative estimate of drug-likeness (QED) is 0.543. The minimum absolute atomic E-state index is 0.216. The normalized spacial score (nSPS) is 10.9. The minimum atomic E-state index is -0.216. The second-order valence-electron chi connectivity index (χ2n) is 6.61. The van der Waals surface area contributed by atoms with Crippen molar-refractivity contribution in [1.29, 1.82) is 0 Å². The number of aromatic nitrogens is 3. The minimum Gasteiger partial charge on any atom is -0.321 e. The van der Waals surface area contributed by atoms with E-state index in [0.717, 1.165) is 28.2 Å². The van der Waals surface area contributed by atoms with Crippen LogP contribution in [0.3, 0.4) is 0 Å². The fraction of sp³-hybridized carbons (Fsp3) is 0.136. The monoisotopic (exact) mass is 371 g/mol. The van der Waals surface area contributed by atoms with Gasteiger partial charge in [0, 0.05) is 31.2 Å². The van der Waals surface area contributed by atoms with Gasteiger partial charge in [0.2, 0.25) is 0 Å². The Morgan fingerprint density at radius 1 is 1.04 bits per heavy atom. The van der Waals surface area contributed by atoms with E-state index in [2.05, 4.69) is 38.0 Å². The Morgan fingerprint density at radius 3 is 2.82 bits per heavy atom. The van der Waals surface area contributed by atoms with Crippen molar-refractivity contribution in [1.82, 2.24) is 19.7 Å². The van der Waals surface area contributed by atoms with Crippen LogP contribution in [0.15, 0.2) is 73.2 Å². The highest BCUT2D eigenvalue weighted by molar-refractivity contribution is 6.02. The number of amides is 1. The number of nitrogens with zero attached hydrogens (tertiary/aromatic N) is 3. The molecule has 0 aliphatic rings. The van der Waals surface area contributed by atoms with Crippen LogP contribution in [-0.4, -0.2) is 20.3 Å². The van der Waals surface area contributed by atoms with Crippen LogP contribution in [0, 0.1) is 6.92 Å². The van der Waals surface area contributed by atoms with Crippen LogP contribution < -0.4 is 10.6 Å². The van der Waals surface area contributed by atoms with Crippen LogP contribution in [0.2, 0.25) is 0 Å². The van der Waals surface area contributed by atoms with Crippen LogP contribution in [0.25, 0.3) is 5.65 Å². The number of rotatable bonds is 6. The molecule has 4 aromatic rings. The van der Waals surface area contributed by atoms with Gasteiger partial charge in [0.25, 0.3) is 5.91 Å². The number of hydrogen-bond donors (Lipinski definition) is 2. The van der Waals surface area contributed by atoms with Crippen molar-refractivity contribution in [2.24, 2.45) is 0 Å². The number of imidazole rings is 1. The summed E-state index contributed by atoms with van der Waals surface area (Å²) in [6.07, 6.45) is 5.54. The lowest BCUT2D eigenvalue weighted by molar-refractivity contribution is 0.102. The van der Waals surface area contributed by atoms with E-state index in [1.54, 1.807) is 24.4 Å². The first-order chi connectivity index (χ1) is 13.7. The third-order valence-corrected chi connectivity index (χ3v) is 4.53. The Bertz CT molecular complexity index is 1100. The zero-order valence-electron chi connectivity index (χ0n) is 15.6. The fourth-order valence-corrected chi connectivity index (χ4v) is 3.12. The highest BCUT2D eigenvalue weighted by Crippen LogP contribution is 2.13. The van der Waals surface area contributed by atoms with Gasteiger partial charge < -0.3 is 15.0 Å². The van der Waals surface area contributed by atoms with Crippen molar-refractivity contribution in [2.75, 3.05) is 5.32 Å². The molecule has 0 saturated carbocycles. The standard InChI is InChI=1S/C22H21N5O/c1-16-6-5-11-27-19(15-25-21(16)27)14-23-13-17-7-4-8-18(12-17)26-22(28)20-9-2-3-10-24-20/h2-12,15,23H,13-14H2,1H3,(H,26,28). The molecule has 0 bridgehead atoms. The van der Waals surface area contributed by atoms with Gasteiger partial charge >= 0.3 is 0 Å². The Morgan fingerprint density at radius 2 is 1.96 bits per heavy atom. The predicted octanol–water partition coefficient (Wildman–Crippen LogP) is 3.58. The summed E-state index contributed by atoms with van der Waals surface area (Å²) in [4.78, 5) is 20.8. The Labute approximate surface area is 163 Å². The van der Waals surface area contributed by atoms with Crippen LogP contribution in [0.1, 0.15) is 27.3 Å². The lowest BCUT2D eigenvalue weighted by Gasteiger charge is -2.09. The molecule has 3 heterocycles. The number of anilines is 1. The average molecular weight is 371 g/mol. The lowest BCUT2D eigenvalue weighted by Crippen LogP contribution is -2.15. The summed E-state index contributed by atoms with van der Waals surface area (Å²) in [6.45, 7) is 3.45. The van der Waals surface area contributed by atoms with Crippen molar-refractivity contribution < 1.29 is 4.79 Å². The van der Waals surface area contributed by atoms with Crippen molar-refractivity contribution in [3.05, 3.63) is 95.7 Å². The van der Waals surface area contributed by atoms with Gasteiger partial charge in [0.1, 0.15) is 11.3 Å². The Kier molecular flexibility index (Phi) is 5.12. The Balaban J connectivity index is 1.38. The van der Waals surface area contributed by atoms with E-state index in [4.69, 9.17) is 0 Å². The molecule has 140 valence electrons. The third-order valence-electron chi connectivity index (χ3n) is 4.53. The highest BCUT2D eigenvalue weighted by atomic mass is 16.1. The molecule has 6 nitrogen and oxygen atoms in total. The molecule has 0 atom stereocenters. The number of carbonyl (C=O) groups is 1. The van der Waals surface area contributed by atoms with E-state index < -0.39 is 0 Å². The first-order valence-electron chi connectivity index (χ1n) is 9.14. The second kappa shape index (κ2) is 8.02. The summed E-state index contributed by atoms with van der Waals surface area (Å²) < 4.78 is 2.10. The number of benzene rings is 1. The van der Waals surface area contributed by atoms with E-state index in [-0.39, 0.29) is 5.91 Å². The number of fused-ring (bicyclic) bond motifs is 1. The maximum absolute atomic E-state index is 12.2. The average Bonchev–Trinajstić information content (AvgIpc) is 3.13. The molecule has 0 unspecified atom stereocenters. The summed E-state index contributed by atoms with van der Waals surface area (Å²) in [5.74, 6) is -0.216. The van der Waals surface area contributed by atoms with Gasteiger partial charge in [0.05, 0.1) is 11.9 Å². The third kappa shape index (κ3) is 3.92. The topological polar surface area (TPSA) is 71.3 Å². The van der Waals surface area contributed by atoms with Crippen molar-refractivity contribution in [2.45, 2.75) is 20.0 Å². The molecular weight excluding hydrogens is 350 g/mol. The van der Waals surface area contributed by atoms with Crippen molar-refractivity contribution >= 4 is 17.2 Å². The van der Waals surface area contributed by atoms with Gasteiger partial charge in [-0.1, -0.05) is 24.3 Å². The molecule has 0 radical (unpaired) electrons. The molecule has 0 fully saturated rings. The molecule has 4 rings (SSSR count). The predicted molar refractivity (Wildman–Crippen MR) is 109 cm³/mol. The van der Waals surface area contributed by atoms with E-state index in [1.807, 2.05) is 42.7 Å². The molecule has 28 heavy (non-hydrogen) atoms. The zero-order chi connectivity index (χ0) is 19.3. The van der Waals surface area contributed by atoms with E-state index in [0.29, 0.717) is 18.8 Å². The van der Waals surface area contributed by atoms with Gasteiger partial charge in [-0.05, 0) is 48.4 Å². The number of carbonyl (C=O) groups excluding carboxylic acids is 1. The molecule has 0 aliphatic carbocycles. The van der Waals surface area contributed by atoms with E-state index in [9.17, 15) is 4.79 Å². The number of nitrogens with one attached hydrogen (secondary N) is 2. The van der Waals surface area contributed by atoms with Crippen LogP contribution in [0.5, 0.6) is 0 Å². The molecule has 0 aliphatic heterocycles. The van der Waals surface area contributed by atoms with Gasteiger partial charge in [-0.25, -0.2) is 4.98 Å². The van der Waals surface area contributed by atoms with Crippen LogP contribution in [0.4, 0.5) is 5.69 Å². The lowest BCUT2D eigenvalue weighted by atomic mass is 10.2. The Hall–Kier alpha value is -3.51. The molecule has 3 aromatic heterocycles. The van der Waals surface area contributed by atoms with Gasteiger partial charge in [-0.15, -0.1) is 0 Å². The molecule has 0 spiro atoms. The maximum Gasteiger partial charge on any atom is 0.274 e. The second-order valence-corrected chi connectivity index (χ2v) is 6.61. The fourth-order valence-electron chi connectivity index (χ4n) is 3.12. The maximum atomic E-state index is 12.2. The van der Waals surface area contributed by atoms with E-state index in [1.165, 1.54) is 0 Å². The SMILES string of the molecule is Cc1cccn2c(CNCc3cccc(NC(=O)c4ccccn4)c3)cnc12. The summed E-state index contributed by atoms with van der Waals surface area (Å²) in [7, 11) is 0. The number of hydrogen-bond acceptors (Lipinski definition) is 4. The molecule has 2 N–H and O–H groups in total. The van der Waals surface area contributed by atoms with Crippen LogP contribution in [-0.2, 0) is 13.1 Å².